The Balaban J connectivity index is 1.47. The number of alkyl halides is 3. The molecule has 1 aliphatic rings. The number of fused-ring (bicyclic) bond motifs is 1. The van der Waals surface area contributed by atoms with Crippen molar-refractivity contribution in [2.75, 3.05) is 6.26 Å². The highest BCUT2D eigenvalue weighted by Crippen LogP contribution is 2.29. The Kier molecular flexibility index (Phi) is 6.50. The molecule has 1 unspecified atom stereocenters. The molecule has 11 heteroatoms. The van der Waals surface area contributed by atoms with E-state index in [1.165, 1.54) is 24.3 Å². The first-order valence-corrected chi connectivity index (χ1v) is 12.4. The van der Waals surface area contributed by atoms with Crippen LogP contribution < -0.4 is 5.32 Å². The van der Waals surface area contributed by atoms with E-state index in [1.807, 2.05) is 4.90 Å². The number of aromatic amines is 1. The number of benzene rings is 2. The van der Waals surface area contributed by atoms with E-state index in [1.54, 1.807) is 18.5 Å². The zero-order valence-electron chi connectivity index (χ0n) is 18.3. The zero-order chi connectivity index (χ0) is 24.5. The van der Waals surface area contributed by atoms with Crippen molar-refractivity contribution >= 4 is 15.7 Å². The normalized spacial score (nSPS) is 16.8. The molecule has 2 aromatic carbocycles. The lowest BCUT2D eigenvalue weighted by atomic mass is 10.0. The van der Waals surface area contributed by atoms with Crippen LogP contribution in [0.4, 0.5) is 13.2 Å². The summed E-state index contributed by atoms with van der Waals surface area (Å²) in [4.78, 5) is 22.6. The maximum Gasteiger partial charge on any atom is 0.416 e. The van der Waals surface area contributed by atoms with Crippen LogP contribution in [0.25, 0.3) is 0 Å². The van der Waals surface area contributed by atoms with Crippen LogP contribution in [0.3, 0.4) is 0 Å². The molecule has 3 aromatic rings. The van der Waals surface area contributed by atoms with Gasteiger partial charge in [0.05, 0.1) is 34.2 Å². The van der Waals surface area contributed by atoms with Gasteiger partial charge < -0.3 is 10.3 Å². The highest BCUT2D eigenvalue weighted by Gasteiger charge is 2.33. The molecule has 0 fully saturated rings. The summed E-state index contributed by atoms with van der Waals surface area (Å²) in [6, 6.07) is 10.6. The molecule has 0 bridgehead atoms. The van der Waals surface area contributed by atoms with Crippen molar-refractivity contribution in [3.8, 4) is 0 Å². The monoisotopic (exact) mass is 492 g/mol. The van der Waals surface area contributed by atoms with Gasteiger partial charge in [0, 0.05) is 32.3 Å². The second kappa shape index (κ2) is 9.22. The Bertz CT molecular complexity index is 1270. The molecule has 1 amide bonds. The first kappa shape index (κ1) is 24.0. The Morgan fingerprint density at radius 1 is 1.12 bits per heavy atom. The molecule has 0 saturated carbocycles. The molecule has 0 aliphatic carbocycles. The van der Waals surface area contributed by atoms with Crippen molar-refractivity contribution in [3.63, 3.8) is 0 Å². The molecule has 4 rings (SSSR count). The first-order valence-electron chi connectivity index (χ1n) is 10.5. The number of aromatic nitrogens is 2. The van der Waals surface area contributed by atoms with E-state index in [0.29, 0.717) is 25.1 Å². The van der Waals surface area contributed by atoms with Gasteiger partial charge in [0.1, 0.15) is 0 Å². The number of nitrogens with one attached hydrogen (secondary N) is 2. The second-order valence-electron chi connectivity index (χ2n) is 8.28. The molecule has 34 heavy (non-hydrogen) atoms. The van der Waals surface area contributed by atoms with Crippen LogP contribution in [-0.2, 0) is 46.9 Å². The number of nitrogens with zero attached hydrogens (tertiary/aromatic N) is 2. The summed E-state index contributed by atoms with van der Waals surface area (Å²) < 4.78 is 61.7. The van der Waals surface area contributed by atoms with E-state index in [9.17, 15) is 26.4 Å². The van der Waals surface area contributed by atoms with Crippen LogP contribution in [0.1, 0.15) is 28.1 Å². The molecule has 0 saturated heterocycles. The fourth-order valence-electron chi connectivity index (χ4n) is 3.91. The lowest BCUT2D eigenvalue weighted by Gasteiger charge is -2.34. The fourth-order valence-corrected chi connectivity index (χ4v) is 4.54. The molecular weight excluding hydrogens is 469 g/mol. The van der Waals surface area contributed by atoms with Crippen LogP contribution in [0.5, 0.6) is 0 Å². The number of H-pyrrole nitrogens is 1. The van der Waals surface area contributed by atoms with Crippen molar-refractivity contribution in [1.29, 1.82) is 0 Å². The SMILES string of the molecule is CS(=O)(=O)c1ccc(CN2Cc3[nH]cnc3CC2C(=O)NCc2ccc(C(F)(F)F)cc2)cc1. The van der Waals surface area contributed by atoms with Crippen LogP contribution in [-0.4, -0.2) is 41.5 Å². The molecule has 1 aromatic heterocycles. The Hall–Kier alpha value is -3.18. The van der Waals surface area contributed by atoms with Crippen LogP contribution in [0.2, 0.25) is 0 Å². The largest absolute Gasteiger partial charge is 0.416 e. The van der Waals surface area contributed by atoms with Crippen LogP contribution >= 0.6 is 0 Å². The van der Waals surface area contributed by atoms with E-state index < -0.39 is 27.6 Å². The van der Waals surface area contributed by atoms with Gasteiger partial charge >= 0.3 is 6.18 Å². The van der Waals surface area contributed by atoms with Gasteiger partial charge in [0.25, 0.3) is 0 Å². The number of hydrogen-bond acceptors (Lipinski definition) is 5. The van der Waals surface area contributed by atoms with E-state index in [4.69, 9.17) is 0 Å². The molecule has 7 nitrogen and oxygen atoms in total. The summed E-state index contributed by atoms with van der Waals surface area (Å²) in [5.74, 6) is -0.263. The average Bonchev–Trinajstić information content (AvgIpc) is 3.24. The van der Waals surface area contributed by atoms with Gasteiger partial charge in [-0.25, -0.2) is 13.4 Å². The topological polar surface area (TPSA) is 95.2 Å². The van der Waals surface area contributed by atoms with Gasteiger partial charge in [-0.15, -0.1) is 0 Å². The molecule has 0 spiro atoms. The highest BCUT2D eigenvalue weighted by molar-refractivity contribution is 7.90. The number of carbonyl (C=O) groups excluding carboxylic acids is 1. The van der Waals surface area contributed by atoms with Crippen LogP contribution in [0, 0.1) is 0 Å². The van der Waals surface area contributed by atoms with Gasteiger partial charge in [-0.2, -0.15) is 13.2 Å². The number of rotatable bonds is 6. The molecule has 2 heterocycles. The summed E-state index contributed by atoms with van der Waals surface area (Å²) in [6.07, 6.45) is -1.32. The summed E-state index contributed by atoms with van der Waals surface area (Å²) in [7, 11) is -3.31. The van der Waals surface area contributed by atoms with Crippen molar-refractivity contribution < 1.29 is 26.4 Å². The summed E-state index contributed by atoms with van der Waals surface area (Å²) in [6.45, 7) is 0.945. The minimum atomic E-state index is -4.41. The van der Waals surface area contributed by atoms with E-state index in [2.05, 4.69) is 15.3 Å². The molecule has 180 valence electrons. The molecule has 0 radical (unpaired) electrons. The van der Waals surface area contributed by atoms with E-state index in [-0.39, 0.29) is 17.3 Å². The standard InChI is InChI=1S/C23H23F3N4O3S/c1-34(32,33)18-8-4-16(5-9-18)12-30-13-20-19(28-14-29-20)10-21(30)22(31)27-11-15-2-6-17(7-3-15)23(24,25)26/h2-9,14,21H,10-13H2,1H3,(H,27,31)(H,28,29). The zero-order valence-corrected chi connectivity index (χ0v) is 19.1. The predicted molar refractivity (Wildman–Crippen MR) is 118 cm³/mol. The summed E-state index contributed by atoms with van der Waals surface area (Å²) in [5, 5.41) is 2.82. The lowest BCUT2D eigenvalue weighted by molar-refractivity contribution is -0.137. The number of amides is 1. The molecular formula is C23H23F3N4O3S. The summed E-state index contributed by atoms with van der Waals surface area (Å²) >= 11 is 0. The van der Waals surface area contributed by atoms with Crippen molar-refractivity contribution in [2.45, 2.75) is 43.2 Å². The Morgan fingerprint density at radius 3 is 2.38 bits per heavy atom. The smallest absolute Gasteiger partial charge is 0.351 e. The van der Waals surface area contributed by atoms with Gasteiger partial charge in [-0.05, 0) is 35.4 Å². The number of halogens is 3. The second-order valence-corrected chi connectivity index (χ2v) is 10.3. The Labute approximate surface area is 194 Å². The third-order valence-electron chi connectivity index (χ3n) is 5.78. The van der Waals surface area contributed by atoms with Crippen molar-refractivity contribution in [2.24, 2.45) is 0 Å². The third kappa shape index (κ3) is 5.48. The number of imidazole rings is 1. The fraction of sp³-hybridized carbons (Fsp3) is 0.304. The minimum absolute atomic E-state index is 0.0950. The molecule has 2 N–H and O–H groups in total. The van der Waals surface area contributed by atoms with Crippen molar-refractivity contribution in [1.82, 2.24) is 20.2 Å². The quantitative estimate of drug-likeness (QED) is 0.552. The van der Waals surface area contributed by atoms with Crippen LogP contribution in [0.15, 0.2) is 59.8 Å². The van der Waals surface area contributed by atoms with Gasteiger partial charge in [-0.3, -0.25) is 9.69 Å². The van der Waals surface area contributed by atoms with Gasteiger partial charge in [0.15, 0.2) is 9.84 Å². The Morgan fingerprint density at radius 2 is 1.76 bits per heavy atom. The number of hydrogen-bond donors (Lipinski definition) is 2. The minimum Gasteiger partial charge on any atom is -0.351 e. The highest BCUT2D eigenvalue weighted by atomic mass is 32.2. The van der Waals surface area contributed by atoms with Gasteiger partial charge in [-0.1, -0.05) is 24.3 Å². The maximum atomic E-state index is 13.1. The van der Waals surface area contributed by atoms with Gasteiger partial charge in [0.2, 0.25) is 5.91 Å². The average molecular weight is 493 g/mol. The first-order chi connectivity index (χ1) is 16.0. The lowest BCUT2D eigenvalue weighted by Crippen LogP contribution is -2.49. The predicted octanol–water partition coefficient (Wildman–Crippen LogP) is 3.08. The number of carbonyl (C=O) groups is 1. The number of sulfone groups is 1. The summed E-state index contributed by atoms with van der Waals surface area (Å²) in [5.41, 5.74) is 2.35. The van der Waals surface area contributed by atoms with Crippen molar-refractivity contribution in [3.05, 3.63) is 82.9 Å². The van der Waals surface area contributed by atoms with E-state index >= 15 is 0 Å². The molecule has 1 aliphatic heterocycles. The van der Waals surface area contributed by atoms with E-state index in [0.717, 1.165) is 35.3 Å². The molecule has 1 atom stereocenters. The third-order valence-corrected chi connectivity index (χ3v) is 6.91. The maximum absolute atomic E-state index is 13.1.